The maximum absolute atomic E-state index is 12.0. The molecule has 30 heavy (non-hydrogen) atoms. The van der Waals surface area contributed by atoms with E-state index in [0.29, 0.717) is 18.1 Å². The molecule has 0 aliphatic carbocycles. The summed E-state index contributed by atoms with van der Waals surface area (Å²) in [7, 11) is 0. The molecule has 0 aliphatic heterocycles. The number of unbranched alkanes of at least 4 members (excludes halogenated alkanes) is 5. The summed E-state index contributed by atoms with van der Waals surface area (Å²) in [5.74, 6) is 1.36. The van der Waals surface area contributed by atoms with Crippen LogP contribution in [0.5, 0.6) is 11.5 Å². The van der Waals surface area contributed by atoms with E-state index in [2.05, 4.69) is 19.1 Å². The van der Waals surface area contributed by atoms with Crippen molar-refractivity contribution in [3.8, 4) is 22.6 Å². The molecule has 1 unspecified atom stereocenters. The Morgan fingerprint density at radius 3 is 1.93 bits per heavy atom. The fourth-order valence-electron chi connectivity index (χ4n) is 3.22. The van der Waals surface area contributed by atoms with Crippen LogP contribution in [0.2, 0.25) is 0 Å². The van der Waals surface area contributed by atoms with E-state index in [1.54, 1.807) is 12.1 Å². The van der Waals surface area contributed by atoms with Crippen molar-refractivity contribution in [3.05, 3.63) is 48.5 Å². The standard InChI is InChI=1S/C26H35ClO3/c1-4-5-6-7-8-9-18-29-23-14-10-21(11-15-23)22-12-16-24(17-13-22)30-26(28)25(27)19-20(2)3/h10-17,20,25H,4-9,18-19H2,1-3H3. The summed E-state index contributed by atoms with van der Waals surface area (Å²) in [6.45, 7) is 7.06. The van der Waals surface area contributed by atoms with Gasteiger partial charge in [-0.2, -0.15) is 0 Å². The Kier molecular flexibility index (Phi) is 10.8. The van der Waals surface area contributed by atoms with Crippen molar-refractivity contribution >= 4 is 17.6 Å². The lowest BCUT2D eigenvalue weighted by atomic mass is 10.1. The van der Waals surface area contributed by atoms with Crippen LogP contribution in [0.3, 0.4) is 0 Å². The Labute approximate surface area is 186 Å². The first-order valence-electron chi connectivity index (χ1n) is 11.2. The molecule has 0 aliphatic rings. The van der Waals surface area contributed by atoms with Gasteiger partial charge in [0.25, 0.3) is 0 Å². The molecule has 4 heteroatoms. The highest BCUT2D eigenvalue weighted by molar-refractivity contribution is 6.30. The van der Waals surface area contributed by atoms with Gasteiger partial charge in [0, 0.05) is 0 Å². The molecular formula is C26H35ClO3. The first-order chi connectivity index (χ1) is 14.5. The quantitative estimate of drug-likeness (QED) is 0.142. The van der Waals surface area contributed by atoms with Gasteiger partial charge in [-0.1, -0.05) is 77.1 Å². The van der Waals surface area contributed by atoms with Crippen LogP contribution < -0.4 is 9.47 Å². The van der Waals surface area contributed by atoms with Gasteiger partial charge in [-0.25, -0.2) is 0 Å². The second-order valence-corrected chi connectivity index (χ2v) is 8.71. The zero-order valence-electron chi connectivity index (χ0n) is 18.5. The number of esters is 1. The third kappa shape index (κ3) is 8.79. The van der Waals surface area contributed by atoms with Crippen LogP contribution in [-0.4, -0.2) is 18.0 Å². The van der Waals surface area contributed by atoms with Crippen molar-refractivity contribution in [2.75, 3.05) is 6.61 Å². The maximum Gasteiger partial charge on any atom is 0.329 e. The van der Waals surface area contributed by atoms with Gasteiger partial charge < -0.3 is 9.47 Å². The fraction of sp³-hybridized carbons (Fsp3) is 0.500. The number of hydrogen-bond donors (Lipinski definition) is 0. The fourth-order valence-corrected chi connectivity index (χ4v) is 3.62. The van der Waals surface area contributed by atoms with Crippen LogP contribution in [0.25, 0.3) is 11.1 Å². The minimum absolute atomic E-state index is 0.347. The lowest BCUT2D eigenvalue weighted by molar-refractivity contribution is -0.134. The van der Waals surface area contributed by atoms with Crippen molar-refractivity contribution in [3.63, 3.8) is 0 Å². The molecule has 0 radical (unpaired) electrons. The summed E-state index contributed by atoms with van der Waals surface area (Å²) < 4.78 is 11.2. The minimum atomic E-state index is -0.617. The Morgan fingerprint density at radius 2 is 1.37 bits per heavy atom. The zero-order chi connectivity index (χ0) is 21.8. The molecule has 3 nitrogen and oxygen atoms in total. The van der Waals surface area contributed by atoms with E-state index in [1.165, 1.54) is 32.1 Å². The van der Waals surface area contributed by atoms with Crippen molar-refractivity contribution in [2.45, 2.75) is 71.1 Å². The molecule has 0 saturated heterocycles. The number of halogens is 1. The van der Waals surface area contributed by atoms with Crippen LogP contribution >= 0.6 is 11.6 Å². The van der Waals surface area contributed by atoms with E-state index in [9.17, 15) is 4.79 Å². The molecule has 0 amide bonds. The van der Waals surface area contributed by atoms with Crippen molar-refractivity contribution < 1.29 is 14.3 Å². The molecule has 2 aromatic carbocycles. The van der Waals surface area contributed by atoms with Gasteiger partial charge in [-0.15, -0.1) is 11.6 Å². The topological polar surface area (TPSA) is 35.5 Å². The number of benzene rings is 2. The normalized spacial score (nSPS) is 12.0. The van der Waals surface area contributed by atoms with E-state index in [4.69, 9.17) is 21.1 Å². The van der Waals surface area contributed by atoms with E-state index in [0.717, 1.165) is 29.9 Å². The third-order valence-corrected chi connectivity index (χ3v) is 5.32. The minimum Gasteiger partial charge on any atom is -0.494 e. The van der Waals surface area contributed by atoms with Crippen molar-refractivity contribution in [2.24, 2.45) is 5.92 Å². The Bertz CT molecular complexity index is 738. The number of rotatable bonds is 13. The molecule has 0 N–H and O–H groups in total. The maximum atomic E-state index is 12.0. The lowest BCUT2D eigenvalue weighted by Gasteiger charge is -2.12. The molecule has 0 bridgehead atoms. The number of hydrogen-bond acceptors (Lipinski definition) is 3. The van der Waals surface area contributed by atoms with Gasteiger partial charge in [0.1, 0.15) is 16.9 Å². The average molecular weight is 431 g/mol. The van der Waals surface area contributed by atoms with Crippen molar-refractivity contribution in [1.29, 1.82) is 0 Å². The lowest BCUT2D eigenvalue weighted by Crippen LogP contribution is -2.22. The number of carbonyl (C=O) groups is 1. The number of carbonyl (C=O) groups excluding carboxylic acids is 1. The van der Waals surface area contributed by atoms with Crippen LogP contribution in [0.15, 0.2) is 48.5 Å². The first kappa shape index (κ1) is 24.3. The van der Waals surface area contributed by atoms with E-state index >= 15 is 0 Å². The smallest absolute Gasteiger partial charge is 0.329 e. The van der Waals surface area contributed by atoms with Gasteiger partial charge in [0.15, 0.2) is 0 Å². The predicted octanol–water partition coefficient (Wildman–Crippen LogP) is 7.65. The summed E-state index contributed by atoms with van der Waals surface area (Å²) in [4.78, 5) is 12.0. The second kappa shape index (κ2) is 13.3. The van der Waals surface area contributed by atoms with Crippen molar-refractivity contribution in [1.82, 2.24) is 0 Å². The zero-order valence-corrected chi connectivity index (χ0v) is 19.3. The average Bonchev–Trinajstić information content (AvgIpc) is 2.73. The van der Waals surface area contributed by atoms with Crippen LogP contribution in [0.1, 0.15) is 65.7 Å². The molecule has 0 saturated carbocycles. The van der Waals surface area contributed by atoms with E-state index in [-0.39, 0.29) is 0 Å². The summed E-state index contributed by atoms with van der Waals surface area (Å²) in [6.07, 6.45) is 8.17. The third-order valence-electron chi connectivity index (χ3n) is 4.96. The summed E-state index contributed by atoms with van der Waals surface area (Å²) >= 11 is 6.11. The number of ether oxygens (including phenoxy) is 2. The van der Waals surface area contributed by atoms with E-state index in [1.807, 2.05) is 38.1 Å². The van der Waals surface area contributed by atoms with Crippen LogP contribution in [-0.2, 0) is 4.79 Å². The SMILES string of the molecule is CCCCCCCCOc1ccc(-c2ccc(OC(=O)C(Cl)CC(C)C)cc2)cc1. The highest BCUT2D eigenvalue weighted by atomic mass is 35.5. The second-order valence-electron chi connectivity index (χ2n) is 8.18. The molecule has 0 heterocycles. The summed E-state index contributed by atoms with van der Waals surface area (Å²) in [5, 5.41) is -0.617. The predicted molar refractivity (Wildman–Crippen MR) is 125 cm³/mol. The Balaban J connectivity index is 1.80. The molecule has 2 rings (SSSR count). The molecule has 0 fully saturated rings. The van der Waals surface area contributed by atoms with Crippen LogP contribution in [0, 0.1) is 5.92 Å². The van der Waals surface area contributed by atoms with Gasteiger partial charge in [-0.3, -0.25) is 4.79 Å². The molecule has 1 atom stereocenters. The van der Waals surface area contributed by atoms with Gasteiger partial charge in [0.05, 0.1) is 6.61 Å². The Morgan fingerprint density at radius 1 is 0.833 bits per heavy atom. The van der Waals surface area contributed by atoms with Gasteiger partial charge >= 0.3 is 5.97 Å². The molecule has 2 aromatic rings. The monoisotopic (exact) mass is 430 g/mol. The highest BCUT2D eigenvalue weighted by Gasteiger charge is 2.19. The Hall–Kier alpha value is -2.00. The molecule has 0 spiro atoms. The van der Waals surface area contributed by atoms with E-state index < -0.39 is 11.3 Å². The summed E-state index contributed by atoms with van der Waals surface area (Å²) in [6, 6.07) is 15.6. The molecular weight excluding hydrogens is 396 g/mol. The largest absolute Gasteiger partial charge is 0.494 e. The number of alkyl halides is 1. The first-order valence-corrected chi connectivity index (χ1v) is 11.6. The highest BCUT2D eigenvalue weighted by Crippen LogP contribution is 2.25. The van der Waals surface area contributed by atoms with Crippen LogP contribution in [0.4, 0.5) is 0 Å². The van der Waals surface area contributed by atoms with Gasteiger partial charge in [0.2, 0.25) is 0 Å². The molecule has 164 valence electrons. The summed E-state index contributed by atoms with van der Waals surface area (Å²) in [5.41, 5.74) is 2.15. The van der Waals surface area contributed by atoms with Gasteiger partial charge in [-0.05, 0) is 54.2 Å². The molecule has 0 aromatic heterocycles.